The third kappa shape index (κ3) is 2.68. The number of rotatable bonds is 2. The molecule has 0 spiro atoms. The summed E-state index contributed by atoms with van der Waals surface area (Å²) < 4.78 is 1.68. The van der Waals surface area contributed by atoms with Crippen LogP contribution in [0.5, 0.6) is 0 Å². The Bertz CT molecular complexity index is 621. The van der Waals surface area contributed by atoms with Crippen molar-refractivity contribution >= 4 is 22.8 Å². The van der Waals surface area contributed by atoms with Gasteiger partial charge in [-0.1, -0.05) is 30.0 Å². The Labute approximate surface area is 114 Å². The predicted octanol–water partition coefficient (Wildman–Crippen LogP) is 1.70. The number of para-hydroxylation sites is 1. The largest absolute Gasteiger partial charge is 0.301 e. The number of nitrogens with one attached hydrogen (secondary N) is 1. The third-order valence-electron chi connectivity index (χ3n) is 2.67. The molecule has 3 rings (SSSR count). The minimum absolute atomic E-state index is 0.171. The Morgan fingerprint density at radius 1 is 1.32 bits per heavy atom. The van der Waals surface area contributed by atoms with Crippen molar-refractivity contribution < 1.29 is 4.79 Å². The van der Waals surface area contributed by atoms with Gasteiger partial charge in [0.05, 0.1) is 24.0 Å². The zero-order valence-electron chi connectivity index (χ0n) is 10.1. The summed E-state index contributed by atoms with van der Waals surface area (Å²) in [6, 6.07) is 9.68. The topological polar surface area (TPSA) is 59.3 Å². The second kappa shape index (κ2) is 5.27. The van der Waals surface area contributed by atoms with Gasteiger partial charge in [-0.05, 0) is 12.1 Å². The first kappa shape index (κ1) is 12.0. The van der Waals surface area contributed by atoms with Crippen LogP contribution in [0.4, 0.5) is 0 Å². The Morgan fingerprint density at radius 3 is 2.89 bits per heavy atom. The number of hydrogen-bond acceptors (Lipinski definition) is 4. The van der Waals surface area contributed by atoms with Crippen molar-refractivity contribution in [3.8, 4) is 5.69 Å². The van der Waals surface area contributed by atoms with E-state index in [0.29, 0.717) is 10.7 Å². The van der Waals surface area contributed by atoms with E-state index in [-0.39, 0.29) is 5.91 Å². The van der Waals surface area contributed by atoms with Crippen LogP contribution in [0.3, 0.4) is 0 Å². The van der Waals surface area contributed by atoms with Crippen LogP contribution in [0.2, 0.25) is 0 Å². The SMILES string of the molecule is O=C(NC1=NCCS1)c1cnn(-c2ccccc2)c1. The van der Waals surface area contributed by atoms with Crippen LogP contribution >= 0.6 is 11.8 Å². The first-order valence-electron chi connectivity index (χ1n) is 5.91. The maximum Gasteiger partial charge on any atom is 0.260 e. The molecule has 0 unspecified atom stereocenters. The van der Waals surface area contributed by atoms with E-state index in [2.05, 4.69) is 15.4 Å². The Morgan fingerprint density at radius 2 is 2.16 bits per heavy atom. The quantitative estimate of drug-likeness (QED) is 0.905. The van der Waals surface area contributed by atoms with Gasteiger partial charge in [-0.15, -0.1) is 0 Å². The molecule has 0 atom stereocenters. The number of carbonyl (C=O) groups is 1. The summed E-state index contributed by atoms with van der Waals surface area (Å²) in [6.45, 7) is 0.767. The molecule has 0 aliphatic carbocycles. The molecule has 0 radical (unpaired) electrons. The molecule has 1 aliphatic rings. The average molecular weight is 272 g/mol. The van der Waals surface area contributed by atoms with E-state index in [1.165, 1.54) is 0 Å². The molecule has 1 aromatic heterocycles. The molecule has 5 nitrogen and oxygen atoms in total. The summed E-state index contributed by atoms with van der Waals surface area (Å²) in [6.07, 6.45) is 3.27. The highest BCUT2D eigenvalue weighted by Gasteiger charge is 2.14. The molecule has 1 N–H and O–H groups in total. The molecule has 0 saturated carbocycles. The van der Waals surface area contributed by atoms with E-state index >= 15 is 0 Å². The fourth-order valence-corrected chi connectivity index (χ4v) is 2.47. The summed E-state index contributed by atoms with van der Waals surface area (Å²) >= 11 is 1.56. The molecular formula is C13H12N4OS. The fraction of sp³-hybridized carbons (Fsp3) is 0.154. The zero-order chi connectivity index (χ0) is 13.1. The molecule has 1 aliphatic heterocycles. The number of benzene rings is 1. The standard InChI is InChI=1S/C13H12N4OS/c18-12(16-13-14-6-7-19-13)10-8-15-17(9-10)11-4-2-1-3-5-11/h1-5,8-9H,6-7H2,(H,14,16,18). The number of nitrogens with zero attached hydrogens (tertiary/aromatic N) is 3. The average Bonchev–Trinajstić information content (AvgIpc) is 3.10. The predicted molar refractivity (Wildman–Crippen MR) is 75.8 cm³/mol. The number of hydrogen-bond donors (Lipinski definition) is 1. The van der Waals surface area contributed by atoms with Gasteiger partial charge in [0.1, 0.15) is 0 Å². The summed E-state index contributed by atoms with van der Waals surface area (Å²) in [4.78, 5) is 16.2. The Kier molecular flexibility index (Phi) is 3.33. The van der Waals surface area contributed by atoms with Gasteiger partial charge in [-0.3, -0.25) is 9.79 Å². The maximum absolute atomic E-state index is 12.0. The van der Waals surface area contributed by atoms with Gasteiger partial charge < -0.3 is 5.32 Å². The molecule has 2 heterocycles. The molecule has 96 valence electrons. The second-order valence-corrected chi connectivity index (χ2v) is 5.08. The molecule has 1 amide bonds. The normalized spacial score (nSPS) is 14.2. The molecule has 6 heteroatoms. The van der Waals surface area contributed by atoms with Crippen molar-refractivity contribution in [3.63, 3.8) is 0 Å². The highest BCUT2D eigenvalue weighted by Crippen LogP contribution is 2.11. The molecule has 0 fully saturated rings. The van der Waals surface area contributed by atoms with Crippen molar-refractivity contribution in [2.75, 3.05) is 12.3 Å². The minimum Gasteiger partial charge on any atom is -0.301 e. The number of aliphatic imine (C=N–C) groups is 1. The highest BCUT2D eigenvalue weighted by atomic mass is 32.2. The lowest BCUT2D eigenvalue weighted by molar-refractivity contribution is 0.0978. The first-order valence-corrected chi connectivity index (χ1v) is 6.90. The van der Waals surface area contributed by atoms with Gasteiger partial charge in [-0.25, -0.2) is 4.68 Å². The van der Waals surface area contributed by atoms with E-state index in [9.17, 15) is 4.79 Å². The second-order valence-electron chi connectivity index (χ2n) is 4.00. The minimum atomic E-state index is -0.171. The van der Waals surface area contributed by atoms with E-state index in [1.807, 2.05) is 30.3 Å². The van der Waals surface area contributed by atoms with Crippen LogP contribution in [0.25, 0.3) is 5.69 Å². The summed E-state index contributed by atoms with van der Waals surface area (Å²) in [7, 11) is 0. The highest BCUT2D eigenvalue weighted by molar-refractivity contribution is 8.14. The van der Waals surface area contributed by atoms with Gasteiger partial charge in [0.25, 0.3) is 5.91 Å². The van der Waals surface area contributed by atoms with Gasteiger partial charge in [-0.2, -0.15) is 5.10 Å². The molecule has 19 heavy (non-hydrogen) atoms. The van der Waals surface area contributed by atoms with Crippen molar-refractivity contribution in [1.82, 2.24) is 15.1 Å². The van der Waals surface area contributed by atoms with Crippen molar-refractivity contribution in [3.05, 3.63) is 48.3 Å². The monoisotopic (exact) mass is 272 g/mol. The van der Waals surface area contributed by atoms with Crippen molar-refractivity contribution in [2.24, 2.45) is 4.99 Å². The van der Waals surface area contributed by atoms with Crippen molar-refractivity contribution in [1.29, 1.82) is 0 Å². The van der Waals surface area contributed by atoms with Gasteiger partial charge in [0.15, 0.2) is 5.17 Å². The van der Waals surface area contributed by atoms with E-state index < -0.39 is 0 Å². The van der Waals surface area contributed by atoms with Crippen LogP contribution in [0.15, 0.2) is 47.7 Å². The lowest BCUT2D eigenvalue weighted by Gasteiger charge is -2.01. The number of amidine groups is 1. The van der Waals surface area contributed by atoms with E-state index in [1.54, 1.807) is 28.8 Å². The van der Waals surface area contributed by atoms with Crippen LogP contribution in [0.1, 0.15) is 10.4 Å². The van der Waals surface area contributed by atoms with E-state index in [4.69, 9.17) is 0 Å². The maximum atomic E-state index is 12.0. The third-order valence-corrected chi connectivity index (χ3v) is 3.56. The summed E-state index contributed by atoms with van der Waals surface area (Å²) in [5.74, 6) is 0.758. The number of aromatic nitrogens is 2. The van der Waals surface area contributed by atoms with Gasteiger partial charge >= 0.3 is 0 Å². The molecule has 0 saturated heterocycles. The fourth-order valence-electron chi connectivity index (χ4n) is 1.74. The number of carbonyl (C=O) groups excluding carboxylic acids is 1. The summed E-state index contributed by atoms with van der Waals surface area (Å²) in [5.41, 5.74) is 1.45. The lowest BCUT2D eigenvalue weighted by Crippen LogP contribution is -2.26. The zero-order valence-corrected chi connectivity index (χ0v) is 10.9. The molecular weight excluding hydrogens is 260 g/mol. The lowest BCUT2D eigenvalue weighted by atomic mass is 10.3. The number of amides is 1. The van der Waals surface area contributed by atoms with Gasteiger partial charge in [0.2, 0.25) is 0 Å². The molecule has 0 bridgehead atoms. The number of thioether (sulfide) groups is 1. The van der Waals surface area contributed by atoms with Crippen LogP contribution in [-0.4, -0.2) is 33.2 Å². The van der Waals surface area contributed by atoms with Crippen molar-refractivity contribution in [2.45, 2.75) is 0 Å². The van der Waals surface area contributed by atoms with Crippen LogP contribution < -0.4 is 5.32 Å². The van der Waals surface area contributed by atoms with Crippen LogP contribution in [-0.2, 0) is 0 Å². The molecule has 1 aromatic carbocycles. The smallest absolute Gasteiger partial charge is 0.260 e. The van der Waals surface area contributed by atoms with E-state index in [0.717, 1.165) is 18.0 Å². The Balaban J connectivity index is 1.76. The summed E-state index contributed by atoms with van der Waals surface area (Å²) in [5, 5.41) is 7.66. The van der Waals surface area contributed by atoms with Crippen LogP contribution in [0, 0.1) is 0 Å². The Hall–Kier alpha value is -2.08. The first-order chi connectivity index (χ1) is 9.33. The van der Waals surface area contributed by atoms with Gasteiger partial charge in [0, 0.05) is 11.9 Å². The molecule has 2 aromatic rings.